The lowest BCUT2D eigenvalue weighted by molar-refractivity contribution is -0.179. The lowest BCUT2D eigenvalue weighted by Crippen LogP contribution is -2.47. The molecule has 1 fully saturated rings. The highest BCUT2D eigenvalue weighted by molar-refractivity contribution is 7.90. The van der Waals surface area contributed by atoms with Crippen LogP contribution in [0, 0.1) is 41.4 Å². The molecule has 5 N–H and O–H groups in total. The van der Waals surface area contributed by atoms with Crippen molar-refractivity contribution in [2.75, 3.05) is 0 Å². The zero-order chi connectivity index (χ0) is 38.6. The number of rotatable bonds is 18. The molecule has 1 amide bonds. The van der Waals surface area contributed by atoms with Crippen molar-refractivity contribution in [2.45, 2.75) is 110 Å². The number of allylic oxidation sites excluding steroid dienone is 3. The minimum atomic E-state index is -4.16. The average molecular weight is 734 g/mol. The molecule has 1 aromatic carbocycles. The van der Waals surface area contributed by atoms with E-state index in [-0.39, 0.29) is 40.9 Å². The van der Waals surface area contributed by atoms with Gasteiger partial charge in [0.25, 0.3) is 10.0 Å². The second-order valence-electron chi connectivity index (χ2n) is 14.3. The third kappa shape index (κ3) is 13.0. The lowest BCUT2D eigenvalue weighted by Gasteiger charge is -2.36. The van der Waals surface area contributed by atoms with E-state index in [0.717, 1.165) is 5.57 Å². The molecule has 13 atom stereocenters. The van der Waals surface area contributed by atoms with Crippen molar-refractivity contribution >= 4 is 22.1 Å². The third-order valence-corrected chi connectivity index (χ3v) is 11.2. The van der Waals surface area contributed by atoms with Gasteiger partial charge in [-0.15, -0.1) is 0 Å². The van der Waals surface area contributed by atoms with Gasteiger partial charge in [-0.05, 0) is 38.3 Å². The van der Waals surface area contributed by atoms with E-state index in [1.54, 1.807) is 76.3 Å². The molecule has 1 aromatic rings. The zero-order valence-corrected chi connectivity index (χ0v) is 31.9. The first kappa shape index (κ1) is 43.9. The molecule has 51 heavy (non-hydrogen) atoms. The Bertz CT molecular complexity index is 1480. The number of hydrogen-bond acceptors (Lipinski definition) is 10. The number of hydrogen-bond donors (Lipinski definition) is 5. The largest absolute Gasteiger partial charge is 0.462 e. The highest BCUT2D eigenvalue weighted by Gasteiger charge is 2.41. The molecule has 0 spiro atoms. The summed E-state index contributed by atoms with van der Waals surface area (Å²) in [6, 6.07) is 7.47. The summed E-state index contributed by atoms with van der Waals surface area (Å²) in [5.41, 5.74) is 0.932. The second-order valence-corrected chi connectivity index (χ2v) is 16.0. The number of amides is 1. The standard InChI is InChI=1S/C39H59NO10S/c1-10-11-15-25(4)37(50-39(46)40-51(47,48)32-16-13-12-14-17-32)29(8)35(43)27(6)21-23(2)20-26(5)34(42)24(3)18-19-31(41)22-33-28(7)36(44)30(9)38(45)49-33/h10-20,24-31,33-37,41-44H,1,21-22H2,2-9H3,(H,40,46)/b15-11-,19-18-,23-20-/t24?,25-,26-,27-,28-,29-,30+,31+,33?,34-,35+,36-,37-/m0/s1. The zero-order valence-electron chi connectivity index (χ0n) is 31.1. The fraction of sp³-hybridized carbons (Fsp3) is 0.590. The summed E-state index contributed by atoms with van der Waals surface area (Å²) in [5, 5.41) is 43.3. The van der Waals surface area contributed by atoms with Crippen molar-refractivity contribution in [3.63, 3.8) is 0 Å². The highest BCUT2D eigenvalue weighted by Crippen LogP contribution is 2.31. The van der Waals surface area contributed by atoms with Crippen molar-refractivity contribution in [3.8, 4) is 0 Å². The topological polar surface area (TPSA) is 180 Å². The molecule has 0 radical (unpaired) electrons. The molecular formula is C39H59NO10S. The number of cyclic esters (lactones) is 1. The normalized spacial score (nSPS) is 25.6. The van der Waals surface area contributed by atoms with Gasteiger partial charge in [0.1, 0.15) is 12.2 Å². The Morgan fingerprint density at radius 1 is 0.980 bits per heavy atom. The van der Waals surface area contributed by atoms with Gasteiger partial charge in [-0.3, -0.25) is 4.79 Å². The van der Waals surface area contributed by atoms with Crippen LogP contribution in [-0.4, -0.2) is 77.5 Å². The maximum atomic E-state index is 12.8. The Balaban J connectivity index is 2.04. The van der Waals surface area contributed by atoms with E-state index in [1.165, 1.54) is 12.1 Å². The van der Waals surface area contributed by atoms with Crippen molar-refractivity contribution < 1.29 is 47.9 Å². The van der Waals surface area contributed by atoms with Crippen LogP contribution >= 0.6 is 0 Å². The predicted molar refractivity (Wildman–Crippen MR) is 197 cm³/mol. The number of carbonyl (C=O) groups is 2. The van der Waals surface area contributed by atoms with Gasteiger partial charge in [0, 0.05) is 36.0 Å². The van der Waals surface area contributed by atoms with Gasteiger partial charge in [0.2, 0.25) is 0 Å². The molecule has 11 nitrogen and oxygen atoms in total. The summed E-state index contributed by atoms with van der Waals surface area (Å²) < 4.78 is 38.4. The van der Waals surface area contributed by atoms with Crippen molar-refractivity contribution in [1.82, 2.24) is 4.72 Å². The van der Waals surface area contributed by atoms with E-state index in [4.69, 9.17) is 9.47 Å². The van der Waals surface area contributed by atoms with Crippen LogP contribution in [0.15, 0.2) is 83.8 Å². The van der Waals surface area contributed by atoms with Gasteiger partial charge in [0.15, 0.2) is 0 Å². The number of carbonyl (C=O) groups excluding carboxylic acids is 2. The molecule has 1 aliphatic rings. The molecule has 1 heterocycles. The molecule has 0 saturated carbocycles. The summed E-state index contributed by atoms with van der Waals surface area (Å²) in [4.78, 5) is 24.8. The van der Waals surface area contributed by atoms with E-state index in [0.29, 0.717) is 6.42 Å². The monoisotopic (exact) mass is 733 g/mol. The van der Waals surface area contributed by atoms with Gasteiger partial charge in [-0.1, -0.05) is 108 Å². The first-order valence-corrected chi connectivity index (χ1v) is 19.1. The predicted octanol–water partition coefficient (Wildman–Crippen LogP) is 5.32. The number of nitrogens with one attached hydrogen (secondary N) is 1. The summed E-state index contributed by atoms with van der Waals surface area (Å²) in [7, 11) is -4.16. The number of benzene rings is 1. The van der Waals surface area contributed by atoms with E-state index in [1.807, 2.05) is 38.5 Å². The lowest BCUT2D eigenvalue weighted by atomic mass is 9.81. The molecule has 2 rings (SSSR count). The Labute approximate surface area is 304 Å². The molecular weight excluding hydrogens is 674 g/mol. The van der Waals surface area contributed by atoms with Gasteiger partial charge in [-0.2, -0.15) is 0 Å². The molecule has 12 heteroatoms. The maximum Gasteiger partial charge on any atom is 0.421 e. The molecule has 0 aliphatic carbocycles. The minimum absolute atomic E-state index is 0.0844. The van der Waals surface area contributed by atoms with Gasteiger partial charge in [0.05, 0.1) is 35.2 Å². The van der Waals surface area contributed by atoms with Crippen LogP contribution in [0.2, 0.25) is 0 Å². The second kappa shape index (κ2) is 20.1. The van der Waals surface area contributed by atoms with Crippen LogP contribution in [0.25, 0.3) is 0 Å². The number of aliphatic hydroxyl groups excluding tert-OH is 4. The van der Waals surface area contributed by atoms with E-state index < -0.39 is 70.5 Å². The molecule has 286 valence electrons. The molecule has 0 bridgehead atoms. The smallest absolute Gasteiger partial charge is 0.421 e. The minimum Gasteiger partial charge on any atom is -0.462 e. The number of aliphatic hydroxyl groups is 4. The van der Waals surface area contributed by atoms with Gasteiger partial charge >= 0.3 is 12.1 Å². The fourth-order valence-corrected chi connectivity index (χ4v) is 7.48. The molecule has 2 unspecified atom stereocenters. The Kier molecular flexibility index (Phi) is 17.3. The van der Waals surface area contributed by atoms with E-state index in [2.05, 4.69) is 6.58 Å². The van der Waals surface area contributed by atoms with Crippen molar-refractivity contribution in [2.24, 2.45) is 41.4 Å². The summed E-state index contributed by atoms with van der Waals surface area (Å²) in [6.45, 7) is 18.1. The van der Waals surface area contributed by atoms with Crippen LogP contribution in [0.4, 0.5) is 4.79 Å². The van der Waals surface area contributed by atoms with Crippen molar-refractivity contribution in [3.05, 3.63) is 78.9 Å². The first-order valence-electron chi connectivity index (χ1n) is 17.7. The highest BCUT2D eigenvalue weighted by atomic mass is 32.2. The van der Waals surface area contributed by atoms with Gasteiger partial charge < -0.3 is 29.9 Å². The van der Waals surface area contributed by atoms with E-state index >= 15 is 0 Å². The Morgan fingerprint density at radius 2 is 1.61 bits per heavy atom. The third-order valence-electron chi connectivity index (χ3n) is 9.88. The maximum absolute atomic E-state index is 12.8. The van der Waals surface area contributed by atoms with Crippen LogP contribution < -0.4 is 4.72 Å². The summed E-state index contributed by atoms with van der Waals surface area (Å²) in [6.07, 6.45) is 4.75. The first-order chi connectivity index (χ1) is 23.8. The Hall–Kier alpha value is -3.29. The van der Waals surface area contributed by atoms with Crippen LogP contribution in [0.3, 0.4) is 0 Å². The molecule has 1 saturated heterocycles. The van der Waals surface area contributed by atoms with Crippen molar-refractivity contribution in [1.29, 1.82) is 0 Å². The molecule has 1 aliphatic heterocycles. The summed E-state index contributed by atoms with van der Waals surface area (Å²) in [5.74, 6) is -3.27. The quantitative estimate of drug-likeness (QED) is 0.0754. The van der Waals surface area contributed by atoms with Gasteiger partial charge in [-0.25, -0.2) is 17.9 Å². The number of sulfonamides is 1. The summed E-state index contributed by atoms with van der Waals surface area (Å²) >= 11 is 0. The number of esters is 1. The van der Waals surface area contributed by atoms with Crippen LogP contribution in [0.1, 0.15) is 68.2 Å². The average Bonchev–Trinajstić information content (AvgIpc) is 3.08. The van der Waals surface area contributed by atoms with E-state index in [9.17, 15) is 38.4 Å². The molecule has 0 aromatic heterocycles. The fourth-order valence-electron chi connectivity index (χ4n) is 6.58. The Morgan fingerprint density at radius 3 is 2.22 bits per heavy atom. The SMILES string of the molecule is C=C/C=C\[C@H](C)[C@H](OC(=O)NS(=O)(=O)c1ccccc1)[C@@H](C)[C@H](O)[C@@H](C)C/C(C)=C\[C@H](C)[C@@H](O)C(C)/C=C\[C@@H](O)CC1OC(=O)[C@H](C)[C@@H](O)[C@H]1C. The van der Waals surface area contributed by atoms with Crippen LogP contribution in [0.5, 0.6) is 0 Å². The number of ether oxygens (including phenoxy) is 2. The van der Waals surface area contributed by atoms with Crippen LogP contribution in [-0.2, 0) is 24.3 Å².